The Labute approximate surface area is 188 Å². The average Bonchev–Trinajstić information content (AvgIpc) is 3.33. The first-order valence-corrected chi connectivity index (χ1v) is 11.0. The van der Waals surface area contributed by atoms with Gasteiger partial charge in [-0.3, -0.25) is 9.59 Å². The molecule has 32 heavy (non-hydrogen) atoms. The number of hydrogen-bond acceptors (Lipinski definition) is 4. The lowest BCUT2D eigenvalue weighted by atomic mass is 10.1. The van der Waals surface area contributed by atoms with E-state index >= 15 is 0 Å². The minimum absolute atomic E-state index is 0.0419. The van der Waals surface area contributed by atoms with Gasteiger partial charge in [0.1, 0.15) is 17.5 Å². The zero-order chi connectivity index (χ0) is 22.3. The maximum atomic E-state index is 12.5. The van der Waals surface area contributed by atoms with Gasteiger partial charge >= 0.3 is 0 Å². The lowest BCUT2D eigenvalue weighted by molar-refractivity contribution is -0.133. The summed E-state index contributed by atoms with van der Waals surface area (Å²) in [6.07, 6.45) is 4.88. The van der Waals surface area contributed by atoms with Gasteiger partial charge in [-0.25, -0.2) is 4.68 Å². The molecule has 1 saturated heterocycles. The Hall–Kier alpha value is -3.61. The predicted molar refractivity (Wildman–Crippen MR) is 122 cm³/mol. The number of carbonyl (C=O) groups is 2. The number of carbonyl (C=O) groups excluding carboxylic acids is 2. The first-order valence-electron chi connectivity index (χ1n) is 11.0. The number of likely N-dealkylation sites (tertiary alicyclic amines) is 1. The van der Waals surface area contributed by atoms with Crippen LogP contribution in [-0.4, -0.2) is 45.6 Å². The van der Waals surface area contributed by atoms with Crippen molar-refractivity contribution in [2.75, 3.05) is 13.1 Å². The molecule has 7 heteroatoms. The van der Waals surface area contributed by atoms with E-state index in [0.29, 0.717) is 5.75 Å². The number of nitrogens with zero attached hydrogens (tertiary/aromatic N) is 3. The standard InChI is InChI=1S/C25H28N4O3/c1-19(25(31)28-15-6-3-7-16-28)26-24(30)23-14-17-29(27-23)18-32-22-12-10-21(11-13-22)20-8-4-2-5-9-20/h2,4-5,8-14,17,19H,3,6-7,15-16,18H2,1H3,(H,26,30). The Morgan fingerprint density at radius 2 is 1.66 bits per heavy atom. The number of nitrogens with one attached hydrogen (secondary N) is 1. The summed E-state index contributed by atoms with van der Waals surface area (Å²) in [5, 5.41) is 7.03. The fourth-order valence-corrected chi connectivity index (χ4v) is 3.79. The molecule has 1 aliphatic rings. The van der Waals surface area contributed by atoms with Gasteiger partial charge in [0.25, 0.3) is 5.91 Å². The van der Waals surface area contributed by atoms with Crippen LogP contribution in [0.1, 0.15) is 36.7 Å². The molecular weight excluding hydrogens is 404 g/mol. The van der Waals surface area contributed by atoms with Crippen molar-refractivity contribution in [2.24, 2.45) is 0 Å². The SMILES string of the molecule is CC(NC(=O)c1ccn(COc2ccc(-c3ccccc3)cc2)n1)C(=O)N1CCCCC1. The summed E-state index contributed by atoms with van der Waals surface area (Å²) in [6, 6.07) is 19.0. The van der Waals surface area contributed by atoms with E-state index in [-0.39, 0.29) is 24.2 Å². The van der Waals surface area contributed by atoms with Crippen LogP contribution in [0.15, 0.2) is 66.9 Å². The molecule has 1 aromatic heterocycles. The Bertz CT molecular complexity index is 1040. The molecule has 2 heterocycles. The number of rotatable bonds is 7. The van der Waals surface area contributed by atoms with Crippen molar-refractivity contribution < 1.29 is 14.3 Å². The number of ether oxygens (including phenoxy) is 1. The van der Waals surface area contributed by atoms with E-state index in [0.717, 1.165) is 43.5 Å². The molecule has 1 unspecified atom stereocenters. The van der Waals surface area contributed by atoms with Gasteiger partial charge in [0.15, 0.2) is 6.73 Å². The van der Waals surface area contributed by atoms with Crippen molar-refractivity contribution in [3.05, 3.63) is 72.6 Å². The van der Waals surface area contributed by atoms with Crippen molar-refractivity contribution in [3.8, 4) is 16.9 Å². The van der Waals surface area contributed by atoms with E-state index < -0.39 is 6.04 Å². The van der Waals surface area contributed by atoms with Crippen LogP contribution in [0.2, 0.25) is 0 Å². The van der Waals surface area contributed by atoms with Crippen molar-refractivity contribution in [3.63, 3.8) is 0 Å². The Balaban J connectivity index is 1.28. The molecule has 3 aromatic rings. The molecule has 7 nitrogen and oxygen atoms in total. The number of hydrogen-bond donors (Lipinski definition) is 1. The second kappa shape index (κ2) is 10.1. The molecule has 0 saturated carbocycles. The van der Waals surface area contributed by atoms with E-state index in [1.807, 2.05) is 47.4 Å². The topological polar surface area (TPSA) is 76.5 Å². The highest BCUT2D eigenvalue weighted by Crippen LogP contribution is 2.22. The van der Waals surface area contributed by atoms with Gasteiger partial charge in [-0.15, -0.1) is 0 Å². The molecule has 1 atom stereocenters. The van der Waals surface area contributed by atoms with Crippen molar-refractivity contribution >= 4 is 11.8 Å². The van der Waals surface area contributed by atoms with Crippen molar-refractivity contribution in [1.29, 1.82) is 0 Å². The average molecular weight is 433 g/mol. The third-order valence-electron chi connectivity index (χ3n) is 5.58. The largest absolute Gasteiger partial charge is 0.471 e. The van der Waals surface area contributed by atoms with E-state index in [4.69, 9.17) is 4.74 Å². The van der Waals surface area contributed by atoms with Gasteiger partial charge in [-0.1, -0.05) is 42.5 Å². The normalized spacial score (nSPS) is 14.6. The predicted octanol–water partition coefficient (Wildman–Crippen LogP) is 3.72. The fraction of sp³-hybridized carbons (Fsp3) is 0.320. The van der Waals surface area contributed by atoms with Gasteiger partial charge in [0, 0.05) is 19.3 Å². The van der Waals surface area contributed by atoms with Gasteiger partial charge < -0.3 is 15.0 Å². The minimum atomic E-state index is -0.579. The summed E-state index contributed by atoms with van der Waals surface area (Å²) in [6.45, 7) is 3.42. The van der Waals surface area contributed by atoms with Gasteiger partial charge in [-0.05, 0) is 55.5 Å². The Morgan fingerprint density at radius 3 is 2.38 bits per heavy atom. The molecule has 1 fully saturated rings. The summed E-state index contributed by atoms with van der Waals surface area (Å²) < 4.78 is 7.34. The molecule has 1 N–H and O–H groups in total. The van der Waals surface area contributed by atoms with Crippen LogP contribution in [-0.2, 0) is 11.5 Å². The zero-order valence-electron chi connectivity index (χ0n) is 18.2. The van der Waals surface area contributed by atoms with Gasteiger partial charge in [-0.2, -0.15) is 5.10 Å². The lowest BCUT2D eigenvalue weighted by Crippen LogP contribution is -2.48. The van der Waals surface area contributed by atoms with Crippen LogP contribution in [0, 0.1) is 0 Å². The third-order valence-corrected chi connectivity index (χ3v) is 5.58. The van der Waals surface area contributed by atoms with E-state index in [1.54, 1.807) is 23.9 Å². The minimum Gasteiger partial charge on any atom is -0.471 e. The van der Waals surface area contributed by atoms with Gasteiger partial charge in [0.05, 0.1) is 0 Å². The Kier molecular flexibility index (Phi) is 6.84. The summed E-state index contributed by atoms with van der Waals surface area (Å²) in [7, 11) is 0. The highest BCUT2D eigenvalue weighted by molar-refractivity contribution is 5.95. The van der Waals surface area contributed by atoms with Crippen molar-refractivity contribution in [2.45, 2.75) is 39.0 Å². The van der Waals surface area contributed by atoms with Crippen LogP contribution >= 0.6 is 0 Å². The molecular formula is C25H28N4O3. The highest BCUT2D eigenvalue weighted by Gasteiger charge is 2.24. The van der Waals surface area contributed by atoms with E-state index in [2.05, 4.69) is 22.5 Å². The smallest absolute Gasteiger partial charge is 0.272 e. The summed E-state index contributed by atoms with van der Waals surface area (Å²) in [5.41, 5.74) is 2.52. The number of benzene rings is 2. The first-order chi connectivity index (χ1) is 15.6. The second-order valence-corrected chi connectivity index (χ2v) is 7.99. The summed E-state index contributed by atoms with van der Waals surface area (Å²) in [5.74, 6) is 0.306. The second-order valence-electron chi connectivity index (χ2n) is 7.99. The molecule has 166 valence electrons. The van der Waals surface area contributed by atoms with Crippen LogP contribution in [0.5, 0.6) is 5.75 Å². The fourth-order valence-electron chi connectivity index (χ4n) is 3.79. The molecule has 2 amide bonds. The highest BCUT2D eigenvalue weighted by atomic mass is 16.5. The molecule has 2 aromatic carbocycles. The zero-order valence-corrected chi connectivity index (χ0v) is 18.2. The molecule has 0 bridgehead atoms. The summed E-state index contributed by atoms with van der Waals surface area (Å²) in [4.78, 5) is 26.8. The summed E-state index contributed by atoms with van der Waals surface area (Å²) >= 11 is 0. The number of amides is 2. The monoisotopic (exact) mass is 432 g/mol. The molecule has 4 rings (SSSR count). The first kappa shape index (κ1) is 21.6. The Morgan fingerprint density at radius 1 is 0.969 bits per heavy atom. The van der Waals surface area contributed by atoms with E-state index in [1.165, 1.54) is 0 Å². The quantitative estimate of drug-likeness (QED) is 0.617. The molecule has 0 aliphatic carbocycles. The lowest BCUT2D eigenvalue weighted by Gasteiger charge is -2.29. The maximum absolute atomic E-state index is 12.5. The third kappa shape index (κ3) is 5.35. The molecule has 0 spiro atoms. The molecule has 0 radical (unpaired) electrons. The van der Waals surface area contributed by atoms with Crippen LogP contribution in [0.25, 0.3) is 11.1 Å². The number of aromatic nitrogens is 2. The van der Waals surface area contributed by atoms with Crippen LogP contribution in [0.4, 0.5) is 0 Å². The van der Waals surface area contributed by atoms with Crippen LogP contribution < -0.4 is 10.1 Å². The number of piperidine rings is 1. The van der Waals surface area contributed by atoms with Gasteiger partial charge in [0.2, 0.25) is 5.91 Å². The van der Waals surface area contributed by atoms with Crippen LogP contribution in [0.3, 0.4) is 0 Å². The van der Waals surface area contributed by atoms with Crippen molar-refractivity contribution in [1.82, 2.24) is 20.0 Å². The molecule has 1 aliphatic heterocycles. The maximum Gasteiger partial charge on any atom is 0.272 e. The van der Waals surface area contributed by atoms with E-state index in [9.17, 15) is 9.59 Å².